The van der Waals surface area contributed by atoms with Crippen molar-refractivity contribution in [3.8, 4) is 0 Å². The van der Waals surface area contributed by atoms with Gasteiger partial charge in [-0.15, -0.1) is 11.8 Å². The largest absolute Gasteiger partial charge is 0.477 e. The summed E-state index contributed by atoms with van der Waals surface area (Å²) in [5, 5.41) is 13.4. The van der Waals surface area contributed by atoms with Crippen LogP contribution in [0.25, 0.3) is 10.9 Å². The Kier molecular flexibility index (Phi) is 10.3. The average Bonchev–Trinajstić information content (AvgIpc) is 2.82. The van der Waals surface area contributed by atoms with Crippen LogP contribution in [-0.4, -0.2) is 59.1 Å². The fourth-order valence-corrected chi connectivity index (χ4v) is 5.58. The molecule has 0 amide bonds. The van der Waals surface area contributed by atoms with Crippen molar-refractivity contribution in [3.63, 3.8) is 0 Å². The number of thioether (sulfide) groups is 1. The monoisotopic (exact) mass is 508 g/mol. The Labute approximate surface area is 210 Å². The summed E-state index contributed by atoms with van der Waals surface area (Å²) < 4.78 is 13.4. The van der Waals surface area contributed by atoms with Crippen LogP contribution >= 0.6 is 23.8 Å². The first-order valence-corrected chi connectivity index (χ1v) is 13.9. The first kappa shape index (κ1) is 27.1. The van der Waals surface area contributed by atoms with E-state index in [0.29, 0.717) is 5.39 Å². The number of benzene rings is 1. The molecule has 1 aromatic carbocycles. The van der Waals surface area contributed by atoms with E-state index in [4.69, 9.17) is 8.92 Å². The highest BCUT2D eigenvalue weighted by molar-refractivity contribution is 7.99. The topological polar surface area (TPSA) is 89.8 Å². The van der Waals surface area contributed by atoms with Crippen LogP contribution < -0.4 is 10.7 Å². The molecule has 188 valence electrons. The fourth-order valence-electron chi connectivity index (χ4n) is 3.98. The number of hydrogen-bond donors (Lipinski definition) is 2. The van der Waals surface area contributed by atoms with Gasteiger partial charge in [-0.05, 0) is 69.8 Å². The summed E-state index contributed by atoms with van der Waals surface area (Å²) in [6.07, 6.45) is 4.49. The van der Waals surface area contributed by atoms with Crippen LogP contribution in [0.5, 0.6) is 0 Å². The van der Waals surface area contributed by atoms with E-state index in [-0.39, 0.29) is 23.8 Å². The molecule has 0 radical (unpaired) electrons. The first-order chi connectivity index (χ1) is 16.3. The highest BCUT2D eigenvalue weighted by Crippen LogP contribution is 2.33. The number of aromatic carboxylic acids is 1. The minimum absolute atomic E-state index is 0.0512. The van der Waals surface area contributed by atoms with E-state index < -0.39 is 11.4 Å². The van der Waals surface area contributed by atoms with Crippen LogP contribution in [0.3, 0.4) is 0 Å². The van der Waals surface area contributed by atoms with Crippen molar-refractivity contribution < 1.29 is 18.8 Å². The van der Waals surface area contributed by atoms with E-state index in [2.05, 4.69) is 25.2 Å². The van der Waals surface area contributed by atoms with Gasteiger partial charge < -0.3 is 23.9 Å². The number of rotatable bonds is 14. The van der Waals surface area contributed by atoms with E-state index in [1.807, 2.05) is 24.5 Å². The van der Waals surface area contributed by atoms with Crippen LogP contribution in [0.15, 0.2) is 28.0 Å². The zero-order valence-corrected chi connectivity index (χ0v) is 22.1. The van der Waals surface area contributed by atoms with Gasteiger partial charge in [-0.2, -0.15) is 0 Å². The Morgan fingerprint density at radius 3 is 2.76 bits per heavy atom. The van der Waals surface area contributed by atoms with Crippen LogP contribution in [0, 0.1) is 0 Å². The summed E-state index contributed by atoms with van der Waals surface area (Å²) in [5.74, 6) is 0.542. The normalized spacial score (nSPS) is 17.1. The molecule has 0 saturated heterocycles. The minimum atomic E-state index is -1.17. The predicted molar refractivity (Wildman–Crippen MR) is 141 cm³/mol. The maximum absolute atomic E-state index is 12.9. The summed E-state index contributed by atoms with van der Waals surface area (Å²) in [5.41, 5.74) is 1.46. The molecule has 34 heavy (non-hydrogen) atoms. The zero-order valence-electron chi connectivity index (χ0n) is 20.5. The van der Waals surface area contributed by atoms with Gasteiger partial charge in [0.2, 0.25) is 5.43 Å². The summed E-state index contributed by atoms with van der Waals surface area (Å²) >= 11 is 3.15. The van der Waals surface area contributed by atoms with Gasteiger partial charge in [0.05, 0.1) is 17.7 Å². The van der Waals surface area contributed by atoms with Crippen molar-refractivity contribution in [1.29, 1.82) is 0 Å². The molecular formula is C25H36N2O5S2. The molecule has 0 bridgehead atoms. The highest BCUT2D eigenvalue weighted by atomic mass is 32.2. The van der Waals surface area contributed by atoms with Crippen LogP contribution in [-0.2, 0) is 15.3 Å². The molecule has 2 aromatic rings. The second-order valence-corrected chi connectivity index (χ2v) is 10.8. The summed E-state index contributed by atoms with van der Waals surface area (Å²) in [6, 6.07) is 4.19. The lowest BCUT2D eigenvalue weighted by Crippen LogP contribution is -2.25. The van der Waals surface area contributed by atoms with Gasteiger partial charge in [-0.1, -0.05) is 6.92 Å². The molecule has 3 rings (SSSR count). The lowest BCUT2D eigenvalue weighted by atomic mass is 9.96. The minimum Gasteiger partial charge on any atom is -0.477 e. The van der Waals surface area contributed by atoms with Crippen LogP contribution in [0.2, 0.25) is 0 Å². The molecule has 3 atom stereocenters. The zero-order chi connectivity index (χ0) is 24.7. The standard InChI is InChI=1S/C25H36N2O5S2/c1-5-10-31-17(3)18(4)32-34-12-9-26-8-11-33-20-13-19-7-6-16(2)27-15-22(25(29)30)24(28)21(14-20)23(19)27/h13-18,26H,5-12H2,1-4H3,(H,29,30)/t16?,17?,18-/m1/s1. The number of aromatic nitrogens is 1. The van der Waals surface area contributed by atoms with Crippen molar-refractivity contribution >= 4 is 40.7 Å². The number of nitrogens with zero attached hydrogens (tertiary/aromatic N) is 1. The molecular weight excluding hydrogens is 472 g/mol. The maximum atomic E-state index is 12.9. The van der Waals surface area contributed by atoms with Crippen LogP contribution in [0.1, 0.15) is 62.5 Å². The summed E-state index contributed by atoms with van der Waals surface area (Å²) in [6.45, 7) is 10.7. The number of pyridine rings is 1. The molecule has 9 heteroatoms. The molecule has 1 aliphatic rings. The molecule has 1 aromatic heterocycles. The maximum Gasteiger partial charge on any atom is 0.341 e. The number of carbonyl (C=O) groups is 1. The number of carboxylic acids is 1. The third-order valence-electron chi connectivity index (χ3n) is 6.09. The van der Waals surface area contributed by atoms with Gasteiger partial charge in [-0.25, -0.2) is 4.79 Å². The SMILES string of the molecule is CCCOC(C)[C@@H](C)OSCCNCCSc1cc2c3c(c1)c(=O)c(C(=O)O)cn3C(C)CC2. The summed E-state index contributed by atoms with van der Waals surface area (Å²) in [4.78, 5) is 25.5. The molecule has 7 nitrogen and oxygen atoms in total. The van der Waals surface area contributed by atoms with Crippen molar-refractivity contribution in [1.82, 2.24) is 9.88 Å². The second-order valence-electron chi connectivity index (χ2n) is 8.75. The van der Waals surface area contributed by atoms with E-state index in [9.17, 15) is 14.7 Å². The van der Waals surface area contributed by atoms with Gasteiger partial charge in [0.25, 0.3) is 0 Å². The van der Waals surface area contributed by atoms with Crippen molar-refractivity contribution in [2.24, 2.45) is 0 Å². The molecule has 1 aliphatic heterocycles. The molecule has 2 unspecified atom stereocenters. The Morgan fingerprint density at radius 2 is 2.03 bits per heavy atom. The predicted octanol–water partition coefficient (Wildman–Crippen LogP) is 4.76. The van der Waals surface area contributed by atoms with Gasteiger partial charge in [0.1, 0.15) is 5.56 Å². The molecule has 2 N–H and O–H groups in total. The van der Waals surface area contributed by atoms with Crippen molar-refractivity contribution in [2.75, 3.05) is 31.2 Å². The van der Waals surface area contributed by atoms with Crippen LogP contribution in [0.4, 0.5) is 0 Å². The van der Waals surface area contributed by atoms with Gasteiger partial charge in [0, 0.05) is 53.7 Å². The third kappa shape index (κ3) is 6.79. The Hall–Kier alpha value is -1.52. The number of carboxylic acid groups (broad SMARTS) is 1. The lowest BCUT2D eigenvalue weighted by Gasteiger charge is -2.27. The molecule has 0 saturated carbocycles. The summed E-state index contributed by atoms with van der Waals surface area (Å²) in [7, 11) is 0. The van der Waals surface area contributed by atoms with E-state index in [1.165, 1.54) is 18.2 Å². The van der Waals surface area contributed by atoms with E-state index >= 15 is 0 Å². The number of aryl methyl sites for hydroxylation is 1. The average molecular weight is 509 g/mol. The first-order valence-electron chi connectivity index (χ1n) is 12.0. The lowest BCUT2D eigenvalue weighted by molar-refractivity contribution is 0.000487. The number of nitrogens with one attached hydrogen (secondary N) is 1. The molecule has 0 aliphatic carbocycles. The van der Waals surface area contributed by atoms with Gasteiger partial charge in [0.15, 0.2) is 0 Å². The smallest absolute Gasteiger partial charge is 0.341 e. The second kappa shape index (κ2) is 13.0. The number of hydrogen-bond acceptors (Lipinski definition) is 7. The Balaban J connectivity index is 1.50. The van der Waals surface area contributed by atoms with Crippen molar-refractivity contribution in [2.45, 2.75) is 70.1 Å². The molecule has 0 spiro atoms. The van der Waals surface area contributed by atoms with E-state index in [0.717, 1.165) is 66.4 Å². The van der Waals surface area contributed by atoms with Gasteiger partial charge >= 0.3 is 5.97 Å². The van der Waals surface area contributed by atoms with E-state index in [1.54, 1.807) is 11.8 Å². The van der Waals surface area contributed by atoms with Crippen molar-refractivity contribution in [3.05, 3.63) is 39.7 Å². The third-order valence-corrected chi connectivity index (χ3v) is 7.88. The molecule has 0 fully saturated rings. The Bertz CT molecular complexity index is 1040. The number of ether oxygens (including phenoxy) is 1. The Morgan fingerprint density at radius 1 is 1.26 bits per heavy atom. The quantitative estimate of drug-likeness (QED) is 0.215. The highest BCUT2D eigenvalue weighted by Gasteiger charge is 2.23. The van der Waals surface area contributed by atoms with Gasteiger partial charge in [-0.3, -0.25) is 4.79 Å². The fraction of sp³-hybridized carbons (Fsp3) is 0.600. The molecule has 2 heterocycles.